The lowest BCUT2D eigenvalue weighted by molar-refractivity contribution is -0.135. The molecular weight excluding hydrogens is 220 g/mol. The third-order valence-corrected chi connectivity index (χ3v) is 0.906. The van der Waals surface area contributed by atoms with Gasteiger partial charge in [0.25, 0.3) is 11.9 Å². The molecule has 0 amide bonds. The second-order valence-corrected chi connectivity index (χ2v) is 2.74. The van der Waals surface area contributed by atoms with E-state index in [4.69, 9.17) is 35.1 Å². The Morgan fingerprint density at radius 3 is 1.56 bits per heavy atom. The molecular formula is C9H20O7. The van der Waals surface area contributed by atoms with E-state index in [-0.39, 0.29) is 13.2 Å². The van der Waals surface area contributed by atoms with Crippen molar-refractivity contribution in [1.82, 2.24) is 0 Å². The lowest BCUT2D eigenvalue weighted by atomic mass is 10.2. The average molecular weight is 240 g/mol. The van der Waals surface area contributed by atoms with Crippen molar-refractivity contribution < 1.29 is 35.1 Å². The van der Waals surface area contributed by atoms with Crippen molar-refractivity contribution in [2.45, 2.75) is 32.8 Å². The van der Waals surface area contributed by atoms with E-state index < -0.39 is 18.0 Å². The minimum atomic E-state index is -0.833. The third kappa shape index (κ3) is 77.1. The van der Waals surface area contributed by atoms with Gasteiger partial charge in [-0.05, 0) is 12.8 Å². The molecule has 0 saturated heterocycles. The van der Waals surface area contributed by atoms with Gasteiger partial charge in [0.1, 0.15) is 0 Å². The number of hydrogen-bond donors (Lipinski definition) is 5. The number of carbonyl (C=O) groups is 2. The molecule has 0 aromatic heterocycles. The number of hydrogen-bond acceptors (Lipinski definition) is 5. The first kappa shape index (κ1) is 20.3. The Bertz CT molecular complexity index is 149. The molecule has 0 spiro atoms. The zero-order valence-corrected chi connectivity index (χ0v) is 9.46. The van der Waals surface area contributed by atoms with Gasteiger partial charge in [0.2, 0.25) is 0 Å². The molecule has 0 aliphatic heterocycles. The van der Waals surface area contributed by atoms with Crippen LogP contribution in [0.3, 0.4) is 0 Å². The highest BCUT2D eigenvalue weighted by atomic mass is 16.4. The summed E-state index contributed by atoms with van der Waals surface area (Å²) in [6, 6.07) is 0. The van der Waals surface area contributed by atoms with Crippen LogP contribution in [-0.2, 0) is 9.59 Å². The van der Waals surface area contributed by atoms with E-state index in [0.29, 0.717) is 12.8 Å². The van der Waals surface area contributed by atoms with E-state index in [1.807, 2.05) is 0 Å². The Labute approximate surface area is 94.0 Å². The predicted molar refractivity (Wildman–Crippen MR) is 56.0 cm³/mol. The van der Waals surface area contributed by atoms with Gasteiger partial charge in [-0.1, -0.05) is 0 Å². The van der Waals surface area contributed by atoms with Gasteiger partial charge in [-0.25, -0.2) is 0 Å². The molecule has 0 bridgehead atoms. The first-order valence-electron chi connectivity index (χ1n) is 4.56. The van der Waals surface area contributed by atoms with Crippen LogP contribution >= 0.6 is 0 Å². The highest BCUT2D eigenvalue weighted by Crippen LogP contribution is 1.92. The van der Waals surface area contributed by atoms with E-state index in [1.54, 1.807) is 0 Å². The molecule has 1 atom stereocenters. The van der Waals surface area contributed by atoms with Crippen molar-refractivity contribution in [1.29, 1.82) is 0 Å². The van der Waals surface area contributed by atoms with Gasteiger partial charge < -0.3 is 25.5 Å². The number of aliphatic carboxylic acids is 2. The van der Waals surface area contributed by atoms with Gasteiger partial charge in [-0.3, -0.25) is 9.59 Å². The van der Waals surface area contributed by atoms with E-state index in [1.165, 1.54) is 0 Å². The quantitative estimate of drug-likeness (QED) is 0.438. The van der Waals surface area contributed by atoms with Crippen molar-refractivity contribution in [2.24, 2.45) is 0 Å². The van der Waals surface area contributed by atoms with Crippen molar-refractivity contribution in [3.63, 3.8) is 0 Å². The Kier molecular flexibility index (Phi) is 20.6. The second kappa shape index (κ2) is 16.3. The summed E-state index contributed by atoms with van der Waals surface area (Å²) < 4.78 is 0. The van der Waals surface area contributed by atoms with Gasteiger partial charge in [0.05, 0.1) is 12.7 Å². The van der Waals surface area contributed by atoms with E-state index in [0.717, 1.165) is 13.8 Å². The number of carboxylic acids is 2. The van der Waals surface area contributed by atoms with E-state index >= 15 is 0 Å². The zero-order valence-electron chi connectivity index (χ0n) is 9.46. The summed E-state index contributed by atoms with van der Waals surface area (Å²) >= 11 is 0. The highest BCUT2D eigenvalue weighted by Gasteiger charge is 1.98. The fourth-order valence-corrected chi connectivity index (χ4v) is 0.418. The van der Waals surface area contributed by atoms with E-state index in [9.17, 15) is 0 Å². The molecule has 5 N–H and O–H groups in total. The molecule has 0 rings (SSSR count). The number of aliphatic hydroxyl groups is 3. The maximum atomic E-state index is 9.00. The van der Waals surface area contributed by atoms with Crippen molar-refractivity contribution in [2.75, 3.05) is 13.2 Å². The minimum absolute atomic E-state index is 0.0804. The summed E-state index contributed by atoms with van der Waals surface area (Å²) in [7, 11) is 0. The maximum absolute atomic E-state index is 9.00. The van der Waals surface area contributed by atoms with Crippen molar-refractivity contribution in [3.8, 4) is 0 Å². The van der Waals surface area contributed by atoms with Crippen molar-refractivity contribution >= 4 is 11.9 Å². The van der Waals surface area contributed by atoms with Gasteiger partial charge in [-0.15, -0.1) is 0 Å². The van der Waals surface area contributed by atoms with Crippen LogP contribution in [0.2, 0.25) is 0 Å². The maximum Gasteiger partial charge on any atom is 0.300 e. The lowest BCUT2D eigenvalue weighted by Crippen LogP contribution is -2.11. The predicted octanol–water partition coefficient (Wildman–Crippen LogP) is -0.706. The Morgan fingerprint density at radius 2 is 1.38 bits per heavy atom. The molecule has 0 heterocycles. The van der Waals surface area contributed by atoms with E-state index in [2.05, 4.69) is 0 Å². The molecule has 7 heteroatoms. The average Bonchev–Trinajstić information content (AvgIpc) is 2.12. The molecule has 7 nitrogen and oxygen atoms in total. The first-order chi connectivity index (χ1) is 7.27. The van der Waals surface area contributed by atoms with Gasteiger partial charge in [-0.2, -0.15) is 0 Å². The summed E-state index contributed by atoms with van der Waals surface area (Å²) in [5.74, 6) is -1.67. The number of carboxylic acid groups (broad SMARTS) is 2. The Hall–Kier alpha value is -1.18. The molecule has 0 fully saturated rings. The van der Waals surface area contributed by atoms with Crippen molar-refractivity contribution in [3.05, 3.63) is 0 Å². The smallest absolute Gasteiger partial charge is 0.300 e. The van der Waals surface area contributed by atoms with Gasteiger partial charge >= 0.3 is 0 Å². The molecule has 0 aliphatic carbocycles. The standard InChI is InChI=1S/C5H12O3.2C2H4O2/c6-3-1-2-5(8)4-7;2*1-2(3)4/h5-8H,1-4H2;2*1H3,(H,3,4). The summed E-state index contributed by atoms with van der Waals surface area (Å²) in [6.07, 6.45) is 0.386. The molecule has 98 valence electrons. The monoisotopic (exact) mass is 240 g/mol. The molecule has 0 aromatic carbocycles. The zero-order chi connectivity index (χ0) is 13.6. The Morgan fingerprint density at radius 1 is 1.06 bits per heavy atom. The number of rotatable bonds is 4. The molecule has 0 saturated carbocycles. The lowest BCUT2D eigenvalue weighted by Gasteiger charge is -2.02. The van der Waals surface area contributed by atoms with Crippen LogP contribution in [0.4, 0.5) is 0 Å². The van der Waals surface area contributed by atoms with Crippen LogP contribution in [-0.4, -0.2) is 56.8 Å². The molecule has 16 heavy (non-hydrogen) atoms. The first-order valence-corrected chi connectivity index (χ1v) is 4.56. The van der Waals surface area contributed by atoms with Crippen LogP contribution < -0.4 is 0 Å². The minimum Gasteiger partial charge on any atom is -0.481 e. The topological polar surface area (TPSA) is 135 Å². The van der Waals surface area contributed by atoms with Crippen LogP contribution in [0.15, 0.2) is 0 Å². The summed E-state index contributed by atoms with van der Waals surface area (Å²) in [5.41, 5.74) is 0. The van der Waals surface area contributed by atoms with Gasteiger partial charge in [0, 0.05) is 20.5 Å². The molecule has 0 aromatic rings. The summed E-state index contributed by atoms with van der Waals surface area (Å²) in [6.45, 7) is 2.04. The summed E-state index contributed by atoms with van der Waals surface area (Å²) in [5, 5.41) is 39.9. The highest BCUT2D eigenvalue weighted by molar-refractivity contribution is 5.63. The molecule has 0 aliphatic rings. The fourth-order valence-electron chi connectivity index (χ4n) is 0.418. The SMILES string of the molecule is CC(=O)O.CC(=O)O.OCCCC(O)CO. The molecule has 0 radical (unpaired) electrons. The Balaban J connectivity index is -0.000000179. The van der Waals surface area contributed by atoms with Crippen LogP contribution in [0, 0.1) is 0 Å². The number of aliphatic hydroxyl groups excluding tert-OH is 3. The molecule has 1 unspecified atom stereocenters. The third-order valence-electron chi connectivity index (χ3n) is 0.906. The van der Waals surface area contributed by atoms with Crippen LogP contribution in [0.1, 0.15) is 26.7 Å². The normalized spacial score (nSPS) is 10.1. The van der Waals surface area contributed by atoms with Gasteiger partial charge in [0.15, 0.2) is 0 Å². The largest absolute Gasteiger partial charge is 0.481 e. The van der Waals surface area contributed by atoms with Crippen LogP contribution in [0.5, 0.6) is 0 Å². The second-order valence-electron chi connectivity index (χ2n) is 2.74. The van der Waals surface area contributed by atoms with Crippen LogP contribution in [0.25, 0.3) is 0 Å². The summed E-state index contributed by atoms with van der Waals surface area (Å²) in [4.78, 5) is 18.0. The fraction of sp³-hybridized carbons (Fsp3) is 0.778.